The molecule has 13 heteroatoms. The summed E-state index contributed by atoms with van der Waals surface area (Å²) in [4.78, 5) is 80.5. The second-order valence-corrected chi connectivity index (χ2v) is 16.4. The van der Waals surface area contributed by atoms with Crippen molar-refractivity contribution < 1.29 is 29.1 Å². The second kappa shape index (κ2) is 15.9. The molecule has 4 aliphatic rings. The Morgan fingerprint density at radius 3 is 2.33 bits per heavy atom. The minimum atomic E-state index is -1.15. The maximum absolute atomic E-state index is 15.1. The molecule has 5 rings (SSSR count). The zero-order chi connectivity index (χ0) is 37.1. The second-order valence-electron chi connectivity index (χ2n) is 16.4. The molecule has 4 N–H and O–H groups in total. The van der Waals surface area contributed by atoms with E-state index in [-0.39, 0.29) is 35.9 Å². The molecular weight excluding hydrogens is 650 g/mol. The lowest BCUT2D eigenvalue weighted by Crippen LogP contribution is -2.85. The molecule has 0 aromatic carbocycles. The van der Waals surface area contributed by atoms with Crippen molar-refractivity contribution in [2.24, 2.45) is 23.2 Å². The number of hydrogen-bond acceptors (Lipinski definition) is 9. The highest BCUT2D eigenvalue weighted by Crippen LogP contribution is 2.51. The Hall–Kier alpha value is -3.71. The topological polar surface area (TPSA) is 174 Å². The standard InChI is InChI=1S/C38H57N7O6/c1-7-17-41-34(49)29(46)26(21-24-12-11-13-24)42-33(48)28-25(23(2)3)14-20-44(28)36(51)31(37(4,5)6)45-35(50)30(38(45)15-9-8-10-16-38)43-32(47)27-22-39-18-19-40-27/h7,18-19,22-26,28,30-31,35,50H,1,8-17,20-21H2,2-6H3,(H,41,49)(H,42,48)(H,43,47)/t25-,26?,28+,30?,31-,35?/m1/s1. The molecule has 0 bridgehead atoms. The van der Waals surface area contributed by atoms with Gasteiger partial charge in [0.05, 0.1) is 24.3 Å². The maximum Gasteiger partial charge on any atom is 0.289 e. The van der Waals surface area contributed by atoms with Crippen LogP contribution in [0.25, 0.3) is 0 Å². The number of likely N-dealkylation sites (tertiary alicyclic amines) is 2. The summed E-state index contributed by atoms with van der Waals surface area (Å²) in [5.41, 5.74) is -1.18. The number of nitrogens with zero attached hydrogens (tertiary/aromatic N) is 4. The smallest absolute Gasteiger partial charge is 0.289 e. The average molecular weight is 708 g/mol. The van der Waals surface area contributed by atoms with Crippen molar-refractivity contribution in [2.75, 3.05) is 13.1 Å². The molecule has 3 heterocycles. The Kier molecular flexibility index (Phi) is 12.0. The Morgan fingerprint density at radius 1 is 1.06 bits per heavy atom. The quantitative estimate of drug-likeness (QED) is 0.178. The van der Waals surface area contributed by atoms with Crippen molar-refractivity contribution in [3.63, 3.8) is 0 Å². The fourth-order valence-corrected chi connectivity index (χ4v) is 8.89. The molecule has 2 saturated heterocycles. The van der Waals surface area contributed by atoms with Gasteiger partial charge in [0.15, 0.2) is 0 Å². The van der Waals surface area contributed by atoms with Crippen LogP contribution in [0.1, 0.15) is 109 Å². The lowest BCUT2D eigenvalue weighted by atomic mass is 9.64. The van der Waals surface area contributed by atoms with Crippen LogP contribution in [-0.2, 0) is 19.2 Å². The molecule has 2 aliphatic heterocycles. The third kappa shape index (κ3) is 7.89. The van der Waals surface area contributed by atoms with Gasteiger partial charge in [-0.25, -0.2) is 4.98 Å². The van der Waals surface area contributed by atoms with Gasteiger partial charge < -0.3 is 26.0 Å². The predicted octanol–water partition coefficient (Wildman–Crippen LogP) is 2.75. The number of hydrogen-bond donors (Lipinski definition) is 4. The zero-order valence-corrected chi connectivity index (χ0v) is 30.9. The van der Waals surface area contributed by atoms with Crippen molar-refractivity contribution in [2.45, 2.75) is 135 Å². The van der Waals surface area contributed by atoms with Gasteiger partial charge in [-0.1, -0.05) is 79.2 Å². The van der Waals surface area contributed by atoms with Crippen molar-refractivity contribution in [1.29, 1.82) is 0 Å². The SMILES string of the molecule is C=CCNC(=O)C(=O)C(CC1CCC1)NC(=O)[C@@H]1[C@@H](C(C)C)CCN1C(=O)[C@@H](N1C(O)C(NC(=O)c2cnccn2)C12CCCCC2)C(C)(C)C. The fraction of sp³-hybridized carbons (Fsp3) is 0.711. The van der Waals surface area contributed by atoms with Gasteiger partial charge in [-0.05, 0) is 48.9 Å². The van der Waals surface area contributed by atoms with Gasteiger partial charge >= 0.3 is 0 Å². The lowest BCUT2D eigenvalue weighted by Gasteiger charge is -2.67. The van der Waals surface area contributed by atoms with E-state index < -0.39 is 64.9 Å². The molecule has 51 heavy (non-hydrogen) atoms. The van der Waals surface area contributed by atoms with E-state index in [1.165, 1.54) is 24.7 Å². The molecule has 13 nitrogen and oxygen atoms in total. The summed E-state index contributed by atoms with van der Waals surface area (Å²) in [7, 11) is 0. The van der Waals surface area contributed by atoms with Gasteiger partial charge in [-0.3, -0.25) is 33.9 Å². The highest BCUT2D eigenvalue weighted by atomic mass is 16.3. The molecule has 1 aromatic heterocycles. The first-order valence-electron chi connectivity index (χ1n) is 18.8. The van der Waals surface area contributed by atoms with Crippen LogP contribution in [-0.4, -0.2) is 103 Å². The van der Waals surface area contributed by atoms with Crippen LogP contribution in [0.2, 0.25) is 0 Å². The van der Waals surface area contributed by atoms with Crippen LogP contribution in [0.5, 0.6) is 0 Å². The largest absolute Gasteiger partial charge is 0.376 e. The predicted molar refractivity (Wildman–Crippen MR) is 191 cm³/mol. The minimum absolute atomic E-state index is 0.0586. The summed E-state index contributed by atoms with van der Waals surface area (Å²) in [5, 5.41) is 20.4. The highest BCUT2D eigenvalue weighted by Gasteiger charge is 2.65. The number of carbonyl (C=O) groups is 5. The van der Waals surface area contributed by atoms with E-state index in [2.05, 4.69) is 32.5 Å². The average Bonchev–Trinajstić information content (AvgIpc) is 3.55. The first-order valence-corrected chi connectivity index (χ1v) is 18.8. The Balaban J connectivity index is 1.43. The van der Waals surface area contributed by atoms with Gasteiger partial charge in [0.25, 0.3) is 11.8 Å². The lowest BCUT2D eigenvalue weighted by molar-refractivity contribution is -0.246. The molecule has 2 aliphatic carbocycles. The fourth-order valence-electron chi connectivity index (χ4n) is 8.89. The van der Waals surface area contributed by atoms with Gasteiger partial charge in [0.1, 0.15) is 18.0 Å². The number of Topliss-reactive ketones (excluding diaryl/α,β-unsaturated/α-hetero) is 1. The summed E-state index contributed by atoms with van der Waals surface area (Å²) in [6.45, 7) is 14.0. The number of aliphatic hydroxyl groups excluding tert-OH is 1. The molecule has 0 radical (unpaired) electrons. The van der Waals surface area contributed by atoms with Crippen molar-refractivity contribution >= 4 is 29.4 Å². The molecule has 6 atom stereocenters. The molecule has 1 spiro atoms. The Bertz CT molecular complexity index is 1450. The van der Waals surface area contributed by atoms with Crippen molar-refractivity contribution in [3.05, 3.63) is 36.9 Å². The van der Waals surface area contributed by atoms with E-state index in [0.717, 1.165) is 38.5 Å². The number of ketones is 1. The van der Waals surface area contributed by atoms with E-state index in [4.69, 9.17) is 0 Å². The van der Waals surface area contributed by atoms with E-state index in [9.17, 15) is 24.3 Å². The number of nitrogens with one attached hydrogen (secondary N) is 3. The van der Waals surface area contributed by atoms with E-state index in [0.29, 0.717) is 32.2 Å². The number of aromatic nitrogens is 2. The normalized spacial score (nSPS) is 26.1. The Labute approximate surface area is 301 Å². The third-order valence-electron chi connectivity index (χ3n) is 11.7. The Morgan fingerprint density at radius 2 is 1.76 bits per heavy atom. The van der Waals surface area contributed by atoms with E-state index in [1.54, 1.807) is 4.90 Å². The minimum Gasteiger partial charge on any atom is -0.376 e. The van der Waals surface area contributed by atoms with Crippen molar-refractivity contribution in [3.8, 4) is 0 Å². The van der Waals surface area contributed by atoms with Gasteiger partial charge in [-0.2, -0.15) is 0 Å². The van der Waals surface area contributed by atoms with Gasteiger partial charge in [-0.15, -0.1) is 6.58 Å². The van der Waals surface area contributed by atoms with E-state index in [1.807, 2.05) is 39.5 Å². The van der Waals surface area contributed by atoms with Crippen LogP contribution < -0.4 is 16.0 Å². The van der Waals surface area contributed by atoms with Crippen LogP contribution in [0.4, 0.5) is 0 Å². The van der Waals surface area contributed by atoms with Crippen molar-refractivity contribution in [1.82, 2.24) is 35.7 Å². The molecule has 2 saturated carbocycles. The number of amides is 4. The monoisotopic (exact) mass is 707 g/mol. The summed E-state index contributed by atoms with van der Waals surface area (Å²) < 4.78 is 0. The van der Waals surface area contributed by atoms with Crippen LogP contribution >= 0.6 is 0 Å². The van der Waals surface area contributed by atoms with Crippen LogP contribution in [0.3, 0.4) is 0 Å². The first kappa shape index (κ1) is 38.5. The molecule has 280 valence electrons. The zero-order valence-electron chi connectivity index (χ0n) is 30.9. The summed E-state index contributed by atoms with van der Waals surface area (Å²) in [6.07, 6.45) is 12.7. The number of aliphatic hydroxyl groups is 1. The summed E-state index contributed by atoms with van der Waals surface area (Å²) in [6, 6.07) is -3.30. The number of rotatable bonds is 13. The highest BCUT2D eigenvalue weighted by molar-refractivity contribution is 6.38. The molecule has 4 fully saturated rings. The van der Waals surface area contributed by atoms with E-state index >= 15 is 4.79 Å². The summed E-state index contributed by atoms with van der Waals surface area (Å²) >= 11 is 0. The first-order chi connectivity index (χ1) is 24.2. The number of carbonyl (C=O) groups excluding carboxylic acids is 5. The van der Waals surface area contributed by atoms with Crippen LogP contribution in [0.15, 0.2) is 31.2 Å². The molecule has 3 unspecified atom stereocenters. The summed E-state index contributed by atoms with van der Waals surface area (Å²) in [5.74, 6) is -2.48. The maximum atomic E-state index is 15.1. The third-order valence-corrected chi connectivity index (χ3v) is 11.7. The molecule has 4 amide bonds. The van der Waals surface area contributed by atoms with Gasteiger partial charge in [0.2, 0.25) is 17.6 Å². The van der Waals surface area contributed by atoms with Gasteiger partial charge in [0, 0.05) is 31.0 Å². The van der Waals surface area contributed by atoms with Crippen LogP contribution in [0, 0.1) is 23.2 Å². The molecular formula is C38H57N7O6. The molecule has 1 aromatic rings.